The highest BCUT2D eigenvalue weighted by atomic mass is 32.2. The maximum Gasteiger partial charge on any atom is 0.337 e. The fourth-order valence-corrected chi connectivity index (χ4v) is 2.68. The van der Waals surface area contributed by atoms with Crippen LogP contribution in [0, 0.1) is 0 Å². The second-order valence-corrected chi connectivity index (χ2v) is 5.19. The summed E-state index contributed by atoms with van der Waals surface area (Å²) in [5.74, 6) is -1.32. The lowest BCUT2D eigenvalue weighted by molar-refractivity contribution is 0.0692. The van der Waals surface area contributed by atoms with Gasteiger partial charge in [0, 0.05) is 6.04 Å². The van der Waals surface area contributed by atoms with Gasteiger partial charge in [0.05, 0.1) is 17.1 Å². The van der Waals surface area contributed by atoms with Crippen molar-refractivity contribution in [3.63, 3.8) is 0 Å². The summed E-state index contributed by atoms with van der Waals surface area (Å²) in [5.41, 5.74) is -0.301. The second kappa shape index (κ2) is 5.26. The third-order valence-corrected chi connectivity index (χ3v) is 3.68. The predicted octanol–water partition coefficient (Wildman–Crippen LogP) is 0.0439. The summed E-state index contributed by atoms with van der Waals surface area (Å²) >= 11 is 0. The van der Waals surface area contributed by atoms with Gasteiger partial charge in [0.15, 0.2) is 0 Å². The van der Waals surface area contributed by atoms with Crippen molar-refractivity contribution in [3.05, 3.63) is 29.8 Å². The molecular weight excluding hydrogens is 246 g/mol. The Morgan fingerprint density at radius 2 is 2.00 bits per heavy atom. The molecule has 0 aromatic heterocycles. The molecule has 0 aliphatic rings. The summed E-state index contributed by atoms with van der Waals surface area (Å²) in [6, 6.07) is 4.61. The lowest BCUT2D eigenvalue weighted by atomic mass is 10.2. The minimum Gasteiger partial charge on any atom is -0.478 e. The van der Waals surface area contributed by atoms with E-state index in [2.05, 4.69) is 4.72 Å². The van der Waals surface area contributed by atoms with Gasteiger partial charge >= 0.3 is 5.97 Å². The number of carboxylic acid groups (broad SMARTS) is 1. The van der Waals surface area contributed by atoms with Crippen LogP contribution in [0.25, 0.3) is 0 Å². The maximum absolute atomic E-state index is 11.8. The summed E-state index contributed by atoms with van der Waals surface area (Å²) in [6.07, 6.45) is 0. The van der Waals surface area contributed by atoms with Crippen molar-refractivity contribution in [2.75, 3.05) is 6.61 Å². The van der Waals surface area contributed by atoms with Gasteiger partial charge in [0.2, 0.25) is 10.0 Å². The summed E-state index contributed by atoms with van der Waals surface area (Å²) in [6.45, 7) is 1.11. The van der Waals surface area contributed by atoms with E-state index in [1.54, 1.807) is 0 Å². The molecule has 0 saturated heterocycles. The van der Waals surface area contributed by atoms with Gasteiger partial charge in [-0.25, -0.2) is 17.9 Å². The SMILES string of the molecule is C[C@H](CO)NS(=O)(=O)c1ccccc1C(=O)O. The maximum atomic E-state index is 11.8. The van der Waals surface area contributed by atoms with E-state index in [-0.39, 0.29) is 17.1 Å². The number of nitrogens with one attached hydrogen (secondary N) is 1. The Morgan fingerprint density at radius 1 is 1.41 bits per heavy atom. The van der Waals surface area contributed by atoms with Gasteiger partial charge in [-0.05, 0) is 19.1 Å². The van der Waals surface area contributed by atoms with Gasteiger partial charge in [0.25, 0.3) is 0 Å². The van der Waals surface area contributed by atoms with Crippen LogP contribution in [0.15, 0.2) is 29.2 Å². The van der Waals surface area contributed by atoms with Gasteiger partial charge in [-0.2, -0.15) is 0 Å². The number of rotatable bonds is 5. The van der Waals surface area contributed by atoms with Crippen molar-refractivity contribution in [1.29, 1.82) is 0 Å². The van der Waals surface area contributed by atoms with E-state index in [0.29, 0.717) is 0 Å². The zero-order chi connectivity index (χ0) is 13.1. The molecule has 0 spiro atoms. The average Bonchev–Trinajstić information content (AvgIpc) is 2.28. The molecule has 17 heavy (non-hydrogen) atoms. The Labute approximate surface area is 99.0 Å². The van der Waals surface area contributed by atoms with Crippen LogP contribution >= 0.6 is 0 Å². The van der Waals surface area contributed by atoms with Crippen molar-refractivity contribution in [1.82, 2.24) is 4.72 Å². The first-order chi connectivity index (χ1) is 7.88. The van der Waals surface area contributed by atoms with Crippen LogP contribution in [0.4, 0.5) is 0 Å². The number of sulfonamides is 1. The number of hydrogen-bond donors (Lipinski definition) is 3. The Bertz CT molecular complexity index is 511. The largest absolute Gasteiger partial charge is 0.478 e. The van der Waals surface area contributed by atoms with Crippen molar-refractivity contribution in [2.24, 2.45) is 0 Å². The van der Waals surface area contributed by atoms with E-state index in [0.717, 1.165) is 0 Å². The number of aromatic carboxylic acids is 1. The highest BCUT2D eigenvalue weighted by Crippen LogP contribution is 2.15. The van der Waals surface area contributed by atoms with Crippen LogP contribution in [-0.4, -0.2) is 37.2 Å². The third kappa shape index (κ3) is 3.26. The van der Waals surface area contributed by atoms with E-state index < -0.39 is 22.0 Å². The average molecular weight is 259 g/mol. The molecular formula is C10H13NO5S. The zero-order valence-electron chi connectivity index (χ0n) is 9.12. The quantitative estimate of drug-likeness (QED) is 0.693. The van der Waals surface area contributed by atoms with E-state index in [1.165, 1.54) is 31.2 Å². The number of carboxylic acids is 1. The number of aliphatic hydroxyl groups excluding tert-OH is 1. The first kappa shape index (κ1) is 13.6. The monoisotopic (exact) mass is 259 g/mol. The Hall–Kier alpha value is -1.44. The molecule has 94 valence electrons. The van der Waals surface area contributed by atoms with E-state index in [1.807, 2.05) is 0 Å². The molecule has 0 aliphatic heterocycles. The Kier molecular flexibility index (Phi) is 4.22. The van der Waals surface area contributed by atoms with Crippen molar-refractivity contribution >= 4 is 16.0 Å². The zero-order valence-corrected chi connectivity index (χ0v) is 9.94. The molecule has 1 aromatic carbocycles. The molecule has 3 N–H and O–H groups in total. The number of hydrogen-bond acceptors (Lipinski definition) is 4. The molecule has 1 atom stereocenters. The van der Waals surface area contributed by atoms with Crippen LogP contribution in [0.3, 0.4) is 0 Å². The Morgan fingerprint density at radius 3 is 2.53 bits per heavy atom. The molecule has 0 radical (unpaired) electrons. The van der Waals surface area contributed by atoms with E-state index in [4.69, 9.17) is 10.2 Å². The summed E-state index contributed by atoms with van der Waals surface area (Å²) in [7, 11) is -3.94. The molecule has 6 nitrogen and oxygen atoms in total. The molecule has 0 saturated carbocycles. The number of benzene rings is 1. The molecule has 1 rings (SSSR count). The molecule has 0 fully saturated rings. The van der Waals surface area contributed by atoms with Crippen molar-refractivity contribution in [3.8, 4) is 0 Å². The fraction of sp³-hybridized carbons (Fsp3) is 0.300. The minimum atomic E-state index is -3.94. The molecule has 0 unspecified atom stereocenters. The van der Waals surface area contributed by atoms with Gasteiger partial charge in [0.1, 0.15) is 0 Å². The fourth-order valence-electron chi connectivity index (χ4n) is 1.24. The van der Waals surface area contributed by atoms with E-state index >= 15 is 0 Å². The van der Waals surface area contributed by atoms with E-state index in [9.17, 15) is 13.2 Å². The minimum absolute atomic E-state index is 0.301. The third-order valence-electron chi connectivity index (χ3n) is 2.04. The smallest absolute Gasteiger partial charge is 0.337 e. The summed E-state index contributed by atoms with van der Waals surface area (Å²) < 4.78 is 25.9. The molecule has 0 bridgehead atoms. The van der Waals surface area contributed by atoms with Crippen LogP contribution in [-0.2, 0) is 10.0 Å². The number of carbonyl (C=O) groups is 1. The topological polar surface area (TPSA) is 104 Å². The first-order valence-corrected chi connectivity index (χ1v) is 6.32. The Balaban J connectivity index is 3.20. The first-order valence-electron chi connectivity index (χ1n) is 4.84. The standard InChI is InChI=1S/C10H13NO5S/c1-7(6-12)11-17(15,16)9-5-3-2-4-8(9)10(13)14/h2-5,7,11-12H,6H2,1H3,(H,13,14)/t7-/m1/s1. The summed E-state index contributed by atoms with van der Waals surface area (Å²) in [5, 5.41) is 17.7. The van der Waals surface area contributed by atoms with Gasteiger partial charge in [-0.15, -0.1) is 0 Å². The van der Waals surface area contributed by atoms with Crippen LogP contribution in [0.1, 0.15) is 17.3 Å². The molecule has 1 aromatic rings. The van der Waals surface area contributed by atoms with Gasteiger partial charge in [-0.3, -0.25) is 0 Å². The molecule has 7 heteroatoms. The normalized spacial score (nSPS) is 13.3. The van der Waals surface area contributed by atoms with Crippen LogP contribution < -0.4 is 4.72 Å². The molecule has 0 aliphatic carbocycles. The van der Waals surface area contributed by atoms with Crippen molar-refractivity contribution in [2.45, 2.75) is 17.9 Å². The molecule has 0 amide bonds. The van der Waals surface area contributed by atoms with Crippen LogP contribution in [0.5, 0.6) is 0 Å². The van der Waals surface area contributed by atoms with Gasteiger partial charge in [-0.1, -0.05) is 12.1 Å². The van der Waals surface area contributed by atoms with Crippen molar-refractivity contribution < 1.29 is 23.4 Å². The summed E-state index contributed by atoms with van der Waals surface area (Å²) in [4.78, 5) is 10.6. The molecule has 0 heterocycles. The second-order valence-electron chi connectivity index (χ2n) is 3.51. The van der Waals surface area contributed by atoms with Crippen LogP contribution in [0.2, 0.25) is 0 Å². The lowest BCUT2D eigenvalue weighted by Gasteiger charge is -2.12. The highest BCUT2D eigenvalue weighted by Gasteiger charge is 2.22. The predicted molar refractivity (Wildman–Crippen MR) is 60.3 cm³/mol. The lowest BCUT2D eigenvalue weighted by Crippen LogP contribution is -2.35. The van der Waals surface area contributed by atoms with Gasteiger partial charge < -0.3 is 10.2 Å². The highest BCUT2D eigenvalue weighted by molar-refractivity contribution is 7.89. The number of aliphatic hydroxyl groups is 1.